The number of thiophene rings is 1. The molecular weight excluding hydrogens is 270 g/mol. The smallest absolute Gasteiger partial charge is 0.0701 e. The number of rotatable bonds is 2. The molecule has 2 heterocycles. The highest BCUT2D eigenvalue weighted by atomic mass is 79.9. The molecule has 0 N–H and O–H groups in total. The Morgan fingerprint density at radius 3 is 2.53 bits per heavy atom. The Balaban J connectivity index is 1.94. The van der Waals surface area contributed by atoms with Gasteiger partial charge in [-0.3, -0.25) is 4.90 Å². The molecule has 15 heavy (non-hydrogen) atoms. The quantitative estimate of drug-likeness (QED) is 0.795. The standard InChI is InChI=1S/C12H18BrNS/c1-9-5-10(2)7-14(6-9)8-11-3-4-12(13)15-11/h3-4,9-10H,5-8H2,1-2H3. The number of nitrogens with zero attached hydrogens (tertiary/aromatic N) is 1. The predicted octanol–water partition coefficient (Wildman–Crippen LogP) is 3.99. The van der Waals surface area contributed by atoms with Crippen LogP contribution in [0.5, 0.6) is 0 Å². The van der Waals surface area contributed by atoms with E-state index < -0.39 is 0 Å². The van der Waals surface area contributed by atoms with E-state index in [1.807, 2.05) is 11.3 Å². The third kappa shape index (κ3) is 3.30. The second-order valence-electron chi connectivity index (χ2n) is 4.85. The van der Waals surface area contributed by atoms with Crippen molar-refractivity contribution < 1.29 is 0 Å². The van der Waals surface area contributed by atoms with Crippen molar-refractivity contribution in [3.63, 3.8) is 0 Å². The number of hydrogen-bond donors (Lipinski definition) is 0. The van der Waals surface area contributed by atoms with Crippen LogP contribution in [0.25, 0.3) is 0 Å². The van der Waals surface area contributed by atoms with Crippen LogP contribution in [0.1, 0.15) is 25.1 Å². The van der Waals surface area contributed by atoms with Crippen LogP contribution in [0, 0.1) is 11.8 Å². The van der Waals surface area contributed by atoms with E-state index in [9.17, 15) is 0 Å². The van der Waals surface area contributed by atoms with Gasteiger partial charge in [0.1, 0.15) is 0 Å². The van der Waals surface area contributed by atoms with E-state index in [-0.39, 0.29) is 0 Å². The molecule has 1 aliphatic rings. The summed E-state index contributed by atoms with van der Waals surface area (Å²) in [5.41, 5.74) is 0. The minimum absolute atomic E-state index is 0.858. The minimum Gasteiger partial charge on any atom is -0.298 e. The van der Waals surface area contributed by atoms with Gasteiger partial charge in [-0.15, -0.1) is 11.3 Å². The highest BCUT2D eigenvalue weighted by Gasteiger charge is 2.21. The topological polar surface area (TPSA) is 3.24 Å². The largest absolute Gasteiger partial charge is 0.298 e. The zero-order valence-electron chi connectivity index (χ0n) is 9.37. The van der Waals surface area contributed by atoms with Crippen molar-refractivity contribution in [2.75, 3.05) is 13.1 Å². The first kappa shape index (κ1) is 11.6. The monoisotopic (exact) mass is 287 g/mol. The lowest BCUT2D eigenvalue weighted by molar-refractivity contribution is 0.135. The van der Waals surface area contributed by atoms with Crippen molar-refractivity contribution >= 4 is 27.3 Å². The molecule has 0 spiro atoms. The third-order valence-corrected chi connectivity index (χ3v) is 4.56. The molecule has 3 heteroatoms. The number of piperidine rings is 1. The van der Waals surface area contributed by atoms with Crippen molar-refractivity contribution in [2.24, 2.45) is 11.8 Å². The molecule has 1 nitrogen and oxygen atoms in total. The summed E-state index contributed by atoms with van der Waals surface area (Å²) in [5, 5.41) is 0. The maximum absolute atomic E-state index is 3.52. The lowest BCUT2D eigenvalue weighted by Gasteiger charge is -2.34. The Morgan fingerprint density at radius 2 is 2.00 bits per heavy atom. The molecule has 1 fully saturated rings. The van der Waals surface area contributed by atoms with Crippen LogP contribution in [0.15, 0.2) is 15.9 Å². The average molecular weight is 288 g/mol. The van der Waals surface area contributed by atoms with Gasteiger partial charge in [-0.25, -0.2) is 0 Å². The first-order chi connectivity index (χ1) is 7.13. The summed E-state index contributed by atoms with van der Waals surface area (Å²) in [6.45, 7) is 8.39. The maximum atomic E-state index is 3.52. The van der Waals surface area contributed by atoms with Gasteiger partial charge in [-0.1, -0.05) is 13.8 Å². The van der Waals surface area contributed by atoms with Gasteiger partial charge >= 0.3 is 0 Å². The minimum atomic E-state index is 0.858. The molecule has 2 unspecified atom stereocenters. The van der Waals surface area contributed by atoms with Crippen molar-refractivity contribution in [1.29, 1.82) is 0 Å². The van der Waals surface area contributed by atoms with Gasteiger partial charge in [0.05, 0.1) is 3.79 Å². The van der Waals surface area contributed by atoms with Crippen molar-refractivity contribution in [1.82, 2.24) is 4.90 Å². The normalized spacial score (nSPS) is 28.2. The molecule has 84 valence electrons. The van der Waals surface area contributed by atoms with Gasteiger partial charge in [0.15, 0.2) is 0 Å². The Bertz CT molecular complexity index is 313. The van der Waals surface area contributed by atoms with Gasteiger partial charge in [-0.05, 0) is 46.3 Å². The molecule has 0 bridgehead atoms. The van der Waals surface area contributed by atoms with Gasteiger partial charge in [-0.2, -0.15) is 0 Å². The fourth-order valence-electron chi connectivity index (χ4n) is 2.58. The molecule has 0 saturated carbocycles. The van der Waals surface area contributed by atoms with Crippen LogP contribution in [-0.4, -0.2) is 18.0 Å². The van der Waals surface area contributed by atoms with Crippen LogP contribution in [0.3, 0.4) is 0 Å². The van der Waals surface area contributed by atoms with E-state index in [1.54, 1.807) is 0 Å². The van der Waals surface area contributed by atoms with Gasteiger partial charge < -0.3 is 0 Å². The van der Waals surface area contributed by atoms with Crippen molar-refractivity contribution in [3.05, 3.63) is 20.8 Å². The van der Waals surface area contributed by atoms with Gasteiger partial charge in [0.2, 0.25) is 0 Å². The Labute approximate surface area is 105 Å². The highest BCUT2D eigenvalue weighted by Crippen LogP contribution is 2.26. The Morgan fingerprint density at radius 1 is 1.33 bits per heavy atom. The van der Waals surface area contributed by atoms with E-state index in [4.69, 9.17) is 0 Å². The molecule has 1 aliphatic heterocycles. The van der Waals surface area contributed by atoms with Crippen LogP contribution < -0.4 is 0 Å². The second kappa shape index (κ2) is 4.98. The molecule has 1 aromatic heterocycles. The summed E-state index contributed by atoms with van der Waals surface area (Å²) >= 11 is 5.38. The zero-order valence-corrected chi connectivity index (χ0v) is 11.8. The van der Waals surface area contributed by atoms with E-state index in [0.29, 0.717) is 0 Å². The lowest BCUT2D eigenvalue weighted by Crippen LogP contribution is -2.37. The van der Waals surface area contributed by atoms with E-state index in [0.717, 1.165) is 18.4 Å². The van der Waals surface area contributed by atoms with Crippen LogP contribution in [0.4, 0.5) is 0 Å². The first-order valence-corrected chi connectivity index (χ1v) is 7.21. The Hall–Kier alpha value is 0.140. The van der Waals surface area contributed by atoms with E-state index >= 15 is 0 Å². The van der Waals surface area contributed by atoms with Crippen molar-refractivity contribution in [2.45, 2.75) is 26.8 Å². The number of likely N-dealkylation sites (tertiary alicyclic amines) is 1. The molecule has 0 amide bonds. The SMILES string of the molecule is CC1CC(C)CN(Cc2ccc(Br)s2)C1. The fraction of sp³-hybridized carbons (Fsp3) is 0.667. The maximum Gasteiger partial charge on any atom is 0.0701 e. The fourth-order valence-corrected chi connectivity index (χ4v) is 4.10. The molecule has 1 saturated heterocycles. The van der Waals surface area contributed by atoms with E-state index in [1.165, 1.54) is 28.2 Å². The number of hydrogen-bond acceptors (Lipinski definition) is 2. The molecule has 0 aromatic carbocycles. The summed E-state index contributed by atoms with van der Waals surface area (Å²) in [7, 11) is 0. The highest BCUT2D eigenvalue weighted by molar-refractivity contribution is 9.11. The lowest BCUT2D eigenvalue weighted by atomic mass is 9.92. The number of halogens is 1. The predicted molar refractivity (Wildman–Crippen MR) is 70.2 cm³/mol. The summed E-state index contributed by atoms with van der Waals surface area (Å²) in [6, 6.07) is 4.38. The Kier molecular flexibility index (Phi) is 3.86. The molecule has 0 radical (unpaired) electrons. The summed E-state index contributed by atoms with van der Waals surface area (Å²) in [4.78, 5) is 4.07. The summed E-state index contributed by atoms with van der Waals surface area (Å²) in [5.74, 6) is 1.72. The van der Waals surface area contributed by atoms with Crippen LogP contribution in [0.2, 0.25) is 0 Å². The van der Waals surface area contributed by atoms with Gasteiger partial charge in [0, 0.05) is 24.5 Å². The molecule has 2 rings (SSSR count). The molecule has 1 aromatic rings. The first-order valence-electron chi connectivity index (χ1n) is 5.60. The molecule has 2 atom stereocenters. The van der Waals surface area contributed by atoms with E-state index in [2.05, 4.69) is 46.8 Å². The summed E-state index contributed by atoms with van der Waals surface area (Å²) in [6.07, 6.45) is 1.39. The molecule has 0 aliphatic carbocycles. The van der Waals surface area contributed by atoms with Crippen LogP contribution >= 0.6 is 27.3 Å². The van der Waals surface area contributed by atoms with Crippen LogP contribution in [-0.2, 0) is 6.54 Å². The average Bonchev–Trinajstić information content (AvgIpc) is 2.49. The third-order valence-electron chi connectivity index (χ3n) is 2.95. The molecular formula is C12H18BrNS. The second-order valence-corrected chi connectivity index (χ2v) is 7.39. The zero-order chi connectivity index (χ0) is 10.8. The van der Waals surface area contributed by atoms with Gasteiger partial charge in [0.25, 0.3) is 0 Å². The summed E-state index contributed by atoms with van der Waals surface area (Å²) < 4.78 is 1.25. The van der Waals surface area contributed by atoms with Crippen molar-refractivity contribution in [3.8, 4) is 0 Å².